The zero-order valence-corrected chi connectivity index (χ0v) is 12.8. The van der Waals surface area contributed by atoms with E-state index in [1.165, 1.54) is 19.3 Å². The number of nitrogens with two attached hydrogens (primary N) is 1. The maximum Gasteiger partial charge on any atom is 0.306 e. The van der Waals surface area contributed by atoms with Crippen molar-refractivity contribution in [3.63, 3.8) is 0 Å². The standard InChI is InChI=1S/C15H31NO2/c1-6-7-8-12(2)9-13(11-16)10-14(17)18-15(3,4)5/h12-13H,6-11,16H2,1-5H3/t12-,13-/m0/s1. The highest BCUT2D eigenvalue weighted by atomic mass is 16.6. The van der Waals surface area contributed by atoms with Crippen LogP contribution in [-0.4, -0.2) is 18.1 Å². The quantitative estimate of drug-likeness (QED) is 0.677. The van der Waals surface area contributed by atoms with Crippen LogP contribution in [0.2, 0.25) is 0 Å². The summed E-state index contributed by atoms with van der Waals surface area (Å²) < 4.78 is 5.34. The van der Waals surface area contributed by atoms with Crippen molar-refractivity contribution in [1.29, 1.82) is 0 Å². The Morgan fingerprint density at radius 1 is 1.33 bits per heavy atom. The normalized spacial score (nSPS) is 15.2. The van der Waals surface area contributed by atoms with E-state index in [9.17, 15) is 4.79 Å². The van der Waals surface area contributed by atoms with Crippen molar-refractivity contribution in [2.75, 3.05) is 6.54 Å². The van der Waals surface area contributed by atoms with Gasteiger partial charge in [0.2, 0.25) is 0 Å². The predicted molar refractivity (Wildman–Crippen MR) is 76.3 cm³/mol. The SMILES string of the molecule is CCCC[C@H](C)C[C@H](CN)CC(=O)OC(C)(C)C. The number of carbonyl (C=O) groups excluding carboxylic acids is 1. The minimum absolute atomic E-state index is 0.124. The van der Waals surface area contributed by atoms with Gasteiger partial charge < -0.3 is 10.5 Å². The van der Waals surface area contributed by atoms with Crippen LogP contribution in [0.25, 0.3) is 0 Å². The molecule has 3 nitrogen and oxygen atoms in total. The summed E-state index contributed by atoms with van der Waals surface area (Å²) in [7, 11) is 0. The van der Waals surface area contributed by atoms with E-state index in [2.05, 4.69) is 13.8 Å². The first-order valence-electron chi connectivity index (χ1n) is 7.20. The van der Waals surface area contributed by atoms with Crippen LogP contribution in [0.1, 0.15) is 66.7 Å². The molecule has 2 N–H and O–H groups in total. The third-order valence-electron chi connectivity index (χ3n) is 2.99. The topological polar surface area (TPSA) is 52.3 Å². The molecule has 18 heavy (non-hydrogen) atoms. The lowest BCUT2D eigenvalue weighted by molar-refractivity contribution is -0.156. The van der Waals surface area contributed by atoms with Crippen LogP contribution in [0, 0.1) is 11.8 Å². The highest BCUT2D eigenvalue weighted by Gasteiger charge is 2.21. The molecule has 0 bridgehead atoms. The zero-order valence-electron chi connectivity index (χ0n) is 12.8. The molecule has 0 aromatic heterocycles. The minimum Gasteiger partial charge on any atom is -0.460 e. The molecule has 3 heteroatoms. The number of hydrogen-bond acceptors (Lipinski definition) is 3. The summed E-state index contributed by atoms with van der Waals surface area (Å²) in [6.07, 6.45) is 5.18. The molecule has 0 aliphatic heterocycles. The predicted octanol–water partition coefficient (Wildman–Crippen LogP) is 3.51. The van der Waals surface area contributed by atoms with Gasteiger partial charge in [-0.1, -0.05) is 33.1 Å². The Morgan fingerprint density at radius 3 is 2.39 bits per heavy atom. The molecule has 0 rings (SSSR count). The summed E-state index contributed by atoms with van der Waals surface area (Å²) in [5.41, 5.74) is 5.36. The first kappa shape index (κ1) is 17.4. The molecule has 0 aliphatic carbocycles. The lowest BCUT2D eigenvalue weighted by Crippen LogP contribution is -2.27. The van der Waals surface area contributed by atoms with Crippen LogP contribution in [0.5, 0.6) is 0 Å². The molecule has 0 saturated carbocycles. The number of carbonyl (C=O) groups is 1. The molecule has 2 atom stereocenters. The summed E-state index contributed by atoms with van der Waals surface area (Å²) in [6, 6.07) is 0. The van der Waals surface area contributed by atoms with Crippen LogP contribution in [0.4, 0.5) is 0 Å². The molecular weight excluding hydrogens is 226 g/mol. The molecule has 0 spiro atoms. The van der Waals surface area contributed by atoms with Crippen molar-refractivity contribution in [1.82, 2.24) is 0 Å². The second-order valence-electron chi connectivity index (χ2n) is 6.38. The lowest BCUT2D eigenvalue weighted by Gasteiger charge is -2.23. The Morgan fingerprint density at radius 2 is 1.94 bits per heavy atom. The Labute approximate surface area is 112 Å². The van der Waals surface area contributed by atoms with Crippen molar-refractivity contribution < 1.29 is 9.53 Å². The molecule has 0 amide bonds. The largest absolute Gasteiger partial charge is 0.460 e. The van der Waals surface area contributed by atoms with E-state index in [4.69, 9.17) is 10.5 Å². The molecule has 0 heterocycles. The summed E-state index contributed by atoms with van der Waals surface area (Å²) in [4.78, 5) is 11.7. The molecule has 0 unspecified atom stereocenters. The van der Waals surface area contributed by atoms with E-state index in [0.717, 1.165) is 6.42 Å². The van der Waals surface area contributed by atoms with Crippen molar-refractivity contribution in [2.24, 2.45) is 17.6 Å². The third kappa shape index (κ3) is 9.46. The van der Waals surface area contributed by atoms with Crippen molar-refractivity contribution in [3.05, 3.63) is 0 Å². The molecule has 0 aromatic rings. The molecule has 0 fully saturated rings. The van der Waals surface area contributed by atoms with E-state index in [1.807, 2.05) is 20.8 Å². The number of esters is 1. The summed E-state index contributed by atoms with van der Waals surface area (Å²) in [5, 5.41) is 0. The Balaban J connectivity index is 4.06. The van der Waals surface area contributed by atoms with Crippen molar-refractivity contribution in [2.45, 2.75) is 72.3 Å². The van der Waals surface area contributed by atoms with Crippen LogP contribution >= 0.6 is 0 Å². The number of hydrogen-bond donors (Lipinski definition) is 1. The lowest BCUT2D eigenvalue weighted by atomic mass is 9.90. The maximum absolute atomic E-state index is 11.7. The van der Waals surface area contributed by atoms with Gasteiger partial charge in [-0.2, -0.15) is 0 Å². The van der Waals surface area contributed by atoms with E-state index >= 15 is 0 Å². The first-order valence-corrected chi connectivity index (χ1v) is 7.20. The molecule has 0 saturated heterocycles. The number of unbranched alkanes of at least 4 members (excludes halogenated alkanes) is 1. The van der Waals surface area contributed by atoms with Gasteiger partial charge in [0.05, 0.1) is 0 Å². The second-order valence-corrected chi connectivity index (χ2v) is 6.38. The van der Waals surface area contributed by atoms with Crippen LogP contribution < -0.4 is 5.73 Å². The minimum atomic E-state index is -0.399. The summed E-state index contributed by atoms with van der Waals surface area (Å²) >= 11 is 0. The molecule has 0 radical (unpaired) electrons. The maximum atomic E-state index is 11.7. The summed E-state index contributed by atoms with van der Waals surface area (Å²) in [5.74, 6) is 0.772. The van der Waals surface area contributed by atoms with Gasteiger partial charge in [0.15, 0.2) is 0 Å². The monoisotopic (exact) mass is 257 g/mol. The number of ether oxygens (including phenoxy) is 1. The summed E-state index contributed by atoms with van der Waals surface area (Å²) in [6.45, 7) is 10.7. The van der Waals surface area contributed by atoms with Gasteiger partial charge in [0.25, 0.3) is 0 Å². The van der Waals surface area contributed by atoms with Crippen LogP contribution in [0.15, 0.2) is 0 Å². The van der Waals surface area contributed by atoms with Gasteiger partial charge in [0.1, 0.15) is 5.60 Å². The van der Waals surface area contributed by atoms with Gasteiger partial charge in [-0.15, -0.1) is 0 Å². The average Bonchev–Trinajstić information content (AvgIpc) is 2.22. The van der Waals surface area contributed by atoms with E-state index in [0.29, 0.717) is 18.9 Å². The smallest absolute Gasteiger partial charge is 0.306 e. The fraction of sp³-hybridized carbons (Fsp3) is 0.933. The van der Waals surface area contributed by atoms with Gasteiger partial charge >= 0.3 is 5.97 Å². The Kier molecular flexibility index (Phi) is 8.25. The van der Waals surface area contributed by atoms with E-state index in [1.54, 1.807) is 0 Å². The highest BCUT2D eigenvalue weighted by Crippen LogP contribution is 2.21. The van der Waals surface area contributed by atoms with Crippen molar-refractivity contribution >= 4 is 5.97 Å². The Bertz CT molecular complexity index is 233. The van der Waals surface area contributed by atoms with Gasteiger partial charge in [-0.25, -0.2) is 0 Å². The zero-order chi connectivity index (χ0) is 14.2. The second kappa shape index (κ2) is 8.52. The third-order valence-corrected chi connectivity index (χ3v) is 2.99. The molecular formula is C15H31NO2. The van der Waals surface area contributed by atoms with Crippen LogP contribution in [0.3, 0.4) is 0 Å². The molecule has 0 aromatic carbocycles. The van der Waals surface area contributed by atoms with Gasteiger partial charge in [0, 0.05) is 6.42 Å². The molecule has 108 valence electrons. The van der Waals surface area contributed by atoms with Gasteiger partial charge in [-0.05, 0) is 45.6 Å². The van der Waals surface area contributed by atoms with E-state index < -0.39 is 5.60 Å². The highest BCUT2D eigenvalue weighted by molar-refractivity contribution is 5.70. The fourth-order valence-electron chi connectivity index (χ4n) is 2.12. The van der Waals surface area contributed by atoms with Crippen LogP contribution in [-0.2, 0) is 9.53 Å². The number of rotatable bonds is 8. The van der Waals surface area contributed by atoms with E-state index in [-0.39, 0.29) is 11.9 Å². The fourth-order valence-corrected chi connectivity index (χ4v) is 2.12. The Hall–Kier alpha value is -0.570. The average molecular weight is 257 g/mol. The first-order chi connectivity index (χ1) is 8.28. The molecule has 0 aliphatic rings. The van der Waals surface area contributed by atoms with Gasteiger partial charge in [-0.3, -0.25) is 4.79 Å². The van der Waals surface area contributed by atoms with Crippen molar-refractivity contribution in [3.8, 4) is 0 Å².